The Morgan fingerprint density at radius 3 is 2.48 bits per heavy atom. The third-order valence-corrected chi connectivity index (χ3v) is 5.24. The molecule has 0 fully saturated rings. The van der Waals surface area contributed by atoms with Crippen molar-refractivity contribution in [1.82, 2.24) is 24.5 Å². The van der Waals surface area contributed by atoms with Crippen molar-refractivity contribution in [2.45, 2.75) is 13.1 Å². The number of hydrogen-bond donors (Lipinski definition) is 2. The molecule has 0 aliphatic rings. The highest BCUT2D eigenvalue weighted by Crippen LogP contribution is 2.29. The second-order valence-electron chi connectivity index (χ2n) is 6.24. The zero-order valence-corrected chi connectivity index (χ0v) is 17.0. The quantitative estimate of drug-likeness (QED) is 0.583. The second kappa shape index (κ2) is 8.29. The van der Waals surface area contributed by atoms with Crippen LogP contribution >= 0.6 is 0 Å². The number of anilines is 2. The molecule has 0 aromatic carbocycles. The minimum Gasteiger partial charge on any atom is -0.331 e. The fourth-order valence-electron chi connectivity index (χ4n) is 2.35. The first kappa shape index (κ1) is 22.1. The van der Waals surface area contributed by atoms with E-state index in [2.05, 4.69) is 30.0 Å². The van der Waals surface area contributed by atoms with E-state index in [1.807, 2.05) is 0 Å². The van der Waals surface area contributed by atoms with Crippen LogP contribution in [-0.2, 0) is 23.2 Å². The van der Waals surface area contributed by atoms with Gasteiger partial charge >= 0.3 is 6.18 Å². The van der Waals surface area contributed by atoms with Gasteiger partial charge in [-0.2, -0.15) is 13.2 Å². The number of nitrogens with one attached hydrogen (secondary N) is 2. The summed E-state index contributed by atoms with van der Waals surface area (Å²) in [5, 5.41) is 2.37. The fourth-order valence-corrected chi connectivity index (χ4v) is 2.93. The Bertz CT molecular complexity index is 1210. The molecule has 3 heterocycles. The standard InChI is InChI=1S/C17H16F3N7O3S/c1-3-31(29,30)26-14-5-4-10(7-22-14)23-16(28)11-6-13(17(18,19)20)25-15(24-11)12-8-21-9-27(12)2/h4-9H,3H2,1-2H3,(H,22,26)(H,23,28). The first-order chi connectivity index (χ1) is 14.5. The number of rotatable bonds is 6. The van der Waals surface area contributed by atoms with Crippen LogP contribution in [0, 0.1) is 0 Å². The predicted octanol–water partition coefficient (Wildman–Crippen LogP) is 2.30. The summed E-state index contributed by atoms with van der Waals surface area (Å²) in [6.07, 6.45) is -1.01. The second-order valence-corrected chi connectivity index (χ2v) is 8.25. The molecule has 2 N–H and O–H groups in total. The van der Waals surface area contributed by atoms with Crippen LogP contribution in [0.15, 0.2) is 36.9 Å². The molecular formula is C17H16F3N7O3S. The van der Waals surface area contributed by atoms with E-state index in [-0.39, 0.29) is 28.8 Å². The van der Waals surface area contributed by atoms with Crippen molar-refractivity contribution >= 4 is 27.4 Å². The van der Waals surface area contributed by atoms with E-state index in [0.29, 0.717) is 6.07 Å². The highest BCUT2D eigenvalue weighted by molar-refractivity contribution is 7.92. The largest absolute Gasteiger partial charge is 0.433 e. The number of pyridine rings is 1. The molecule has 0 unspecified atom stereocenters. The molecule has 0 saturated carbocycles. The van der Waals surface area contributed by atoms with E-state index < -0.39 is 33.5 Å². The van der Waals surface area contributed by atoms with Gasteiger partial charge in [0.25, 0.3) is 5.91 Å². The number of alkyl halides is 3. The maximum Gasteiger partial charge on any atom is 0.433 e. The lowest BCUT2D eigenvalue weighted by Gasteiger charge is -2.11. The molecule has 0 spiro atoms. The summed E-state index contributed by atoms with van der Waals surface area (Å²) in [7, 11) is -1.98. The molecule has 0 radical (unpaired) electrons. The van der Waals surface area contributed by atoms with Gasteiger partial charge in [0.05, 0.1) is 30.2 Å². The number of aryl methyl sites for hydroxylation is 1. The number of imidazole rings is 1. The zero-order valence-electron chi connectivity index (χ0n) is 16.2. The van der Waals surface area contributed by atoms with Crippen molar-refractivity contribution in [2.75, 3.05) is 15.8 Å². The van der Waals surface area contributed by atoms with Gasteiger partial charge in [0.2, 0.25) is 10.0 Å². The molecular weight excluding hydrogens is 439 g/mol. The van der Waals surface area contributed by atoms with Gasteiger partial charge in [-0.05, 0) is 19.1 Å². The number of sulfonamides is 1. The molecule has 0 atom stereocenters. The number of halogens is 3. The van der Waals surface area contributed by atoms with E-state index >= 15 is 0 Å². The topological polar surface area (TPSA) is 132 Å². The zero-order chi connectivity index (χ0) is 22.8. The predicted molar refractivity (Wildman–Crippen MR) is 105 cm³/mol. The van der Waals surface area contributed by atoms with Crippen molar-refractivity contribution in [3.63, 3.8) is 0 Å². The Labute approximate surface area is 174 Å². The van der Waals surface area contributed by atoms with Crippen molar-refractivity contribution in [3.8, 4) is 11.5 Å². The van der Waals surface area contributed by atoms with Crippen molar-refractivity contribution in [3.05, 3.63) is 48.3 Å². The fraction of sp³-hybridized carbons (Fsp3) is 0.235. The Hall–Kier alpha value is -3.55. The van der Waals surface area contributed by atoms with E-state index in [1.165, 1.54) is 36.1 Å². The van der Waals surface area contributed by atoms with Crippen LogP contribution in [0.2, 0.25) is 0 Å². The van der Waals surface area contributed by atoms with Gasteiger partial charge in [-0.15, -0.1) is 0 Å². The summed E-state index contributed by atoms with van der Waals surface area (Å²) >= 11 is 0. The Kier molecular flexibility index (Phi) is 5.92. The monoisotopic (exact) mass is 455 g/mol. The minimum atomic E-state index is -4.80. The molecule has 31 heavy (non-hydrogen) atoms. The molecule has 1 amide bonds. The van der Waals surface area contributed by atoms with Crippen LogP contribution in [0.25, 0.3) is 11.5 Å². The van der Waals surface area contributed by atoms with Crippen LogP contribution < -0.4 is 10.0 Å². The van der Waals surface area contributed by atoms with E-state index in [1.54, 1.807) is 7.05 Å². The van der Waals surface area contributed by atoms with Crippen LogP contribution in [-0.4, -0.2) is 44.6 Å². The number of carbonyl (C=O) groups excluding carboxylic acids is 1. The SMILES string of the molecule is CCS(=O)(=O)Nc1ccc(NC(=O)c2cc(C(F)(F)F)nc(-c3cncn3C)n2)cn1. The van der Waals surface area contributed by atoms with Gasteiger partial charge in [0.1, 0.15) is 22.9 Å². The lowest BCUT2D eigenvalue weighted by Crippen LogP contribution is -2.19. The smallest absolute Gasteiger partial charge is 0.331 e. The van der Waals surface area contributed by atoms with Gasteiger partial charge in [0, 0.05) is 13.1 Å². The Morgan fingerprint density at radius 1 is 1.19 bits per heavy atom. The molecule has 10 nitrogen and oxygen atoms in total. The molecule has 0 aliphatic heterocycles. The first-order valence-corrected chi connectivity index (χ1v) is 10.3. The number of amides is 1. The summed E-state index contributed by atoms with van der Waals surface area (Å²) < 4.78 is 66.6. The summed E-state index contributed by atoms with van der Waals surface area (Å²) in [5.74, 6) is -1.37. The summed E-state index contributed by atoms with van der Waals surface area (Å²) in [5.41, 5.74) is -1.49. The molecule has 14 heteroatoms. The van der Waals surface area contributed by atoms with Gasteiger partial charge in [-0.3, -0.25) is 9.52 Å². The molecule has 3 aromatic rings. The lowest BCUT2D eigenvalue weighted by atomic mass is 10.2. The summed E-state index contributed by atoms with van der Waals surface area (Å²) in [4.78, 5) is 27.6. The van der Waals surface area contributed by atoms with E-state index in [4.69, 9.17) is 0 Å². The third kappa shape index (κ3) is 5.33. The number of aromatic nitrogens is 5. The molecule has 0 aliphatic carbocycles. The van der Waals surface area contributed by atoms with Crippen molar-refractivity contribution in [1.29, 1.82) is 0 Å². The summed E-state index contributed by atoms with van der Waals surface area (Å²) in [6, 6.07) is 3.17. The highest BCUT2D eigenvalue weighted by Gasteiger charge is 2.34. The molecule has 164 valence electrons. The van der Waals surface area contributed by atoms with Gasteiger partial charge < -0.3 is 9.88 Å². The molecule has 3 rings (SSSR count). The normalized spacial score (nSPS) is 11.9. The van der Waals surface area contributed by atoms with Gasteiger partial charge in [-0.25, -0.2) is 28.4 Å². The third-order valence-electron chi connectivity index (χ3n) is 3.96. The maximum atomic E-state index is 13.3. The average molecular weight is 455 g/mol. The van der Waals surface area contributed by atoms with Crippen LogP contribution in [0.5, 0.6) is 0 Å². The Morgan fingerprint density at radius 2 is 1.94 bits per heavy atom. The van der Waals surface area contributed by atoms with Gasteiger partial charge in [-0.1, -0.05) is 0 Å². The van der Waals surface area contributed by atoms with Crippen molar-refractivity contribution < 1.29 is 26.4 Å². The average Bonchev–Trinajstić information content (AvgIpc) is 3.14. The maximum absolute atomic E-state index is 13.3. The molecule has 0 saturated heterocycles. The highest BCUT2D eigenvalue weighted by atomic mass is 32.2. The van der Waals surface area contributed by atoms with E-state index in [0.717, 1.165) is 6.20 Å². The van der Waals surface area contributed by atoms with Crippen LogP contribution in [0.1, 0.15) is 23.1 Å². The number of hydrogen-bond acceptors (Lipinski definition) is 7. The first-order valence-electron chi connectivity index (χ1n) is 8.69. The minimum absolute atomic E-state index is 0.0275. The molecule has 3 aromatic heterocycles. The van der Waals surface area contributed by atoms with Gasteiger partial charge in [0.15, 0.2) is 5.82 Å². The Balaban J connectivity index is 1.88. The van der Waals surface area contributed by atoms with Crippen LogP contribution in [0.3, 0.4) is 0 Å². The number of carbonyl (C=O) groups is 1. The van der Waals surface area contributed by atoms with Crippen molar-refractivity contribution in [2.24, 2.45) is 7.05 Å². The molecule has 0 bridgehead atoms. The summed E-state index contributed by atoms with van der Waals surface area (Å²) in [6.45, 7) is 1.45. The number of nitrogens with zero attached hydrogens (tertiary/aromatic N) is 5. The van der Waals surface area contributed by atoms with E-state index in [9.17, 15) is 26.4 Å². The lowest BCUT2D eigenvalue weighted by molar-refractivity contribution is -0.141. The van der Waals surface area contributed by atoms with Crippen LogP contribution in [0.4, 0.5) is 24.7 Å².